The molecule has 6 nitrogen and oxygen atoms in total. The van der Waals surface area contributed by atoms with Crippen molar-refractivity contribution < 1.29 is 28.5 Å². The standard InChI is InChI=1S/C23H46O6/c1-5-7-9-22(4)23(24)20-29-19-18-28-17-16-27-15-14-26-13-12-25-11-10-21(3)8-6-2/h21-22H,5-20H2,1-4H3. The first-order valence-corrected chi connectivity index (χ1v) is 11.5. The molecule has 0 aliphatic rings. The Balaban J connectivity index is 3.19. The van der Waals surface area contributed by atoms with Crippen LogP contribution in [0, 0.1) is 11.8 Å². The molecule has 0 aliphatic carbocycles. The quantitative estimate of drug-likeness (QED) is 0.231. The van der Waals surface area contributed by atoms with Gasteiger partial charge in [-0.15, -0.1) is 0 Å². The number of rotatable bonds is 23. The van der Waals surface area contributed by atoms with Crippen molar-refractivity contribution in [1.82, 2.24) is 0 Å². The molecule has 174 valence electrons. The molecule has 0 heterocycles. The van der Waals surface area contributed by atoms with Crippen LogP contribution >= 0.6 is 0 Å². The van der Waals surface area contributed by atoms with Crippen molar-refractivity contribution >= 4 is 5.78 Å². The average Bonchev–Trinajstić information content (AvgIpc) is 2.71. The average molecular weight is 419 g/mol. The van der Waals surface area contributed by atoms with E-state index in [9.17, 15) is 4.79 Å². The lowest BCUT2D eigenvalue weighted by Crippen LogP contribution is -2.19. The Hall–Kier alpha value is -0.530. The Morgan fingerprint density at radius 2 is 1.10 bits per heavy atom. The summed E-state index contributed by atoms with van der Waals surface area (Å²) in [5.41, 5.74) is 0. The molecule has 0 amide bonds. The third kappa shape index (κ3) is 20.5. The monoisotopic (exact) mass is 418 g/mol. The summed E-state index contributed by atoms with van der Waals surface area (Å²) in [5, 5.41) is 0. The van der Waals surface area contributed by atoms with Gasteiger partial charge < -0.3 is 23.7 Å². The van der Waals surface area contributed by atoms with E-state index >= 15 is 0 Å². The third-order valence-electron chi connectivity index (χ3n) is 4.81. The van der Waals surface area contributed by atoms with Gasteiger partial charge in [0.25, 0.3) is 0 Å². The SMILES string of the molecule is CCCCC(C)C(=O)COCCOCCOCCOCCOCCC(C)CCC. The Labute approximate surface area is 178 Å². The molecule has 0 rings (SSSR count). The van der Waals surface area contributed by atoms with Crippen LogP contribution in [0.3, 0.4) is 0 Å². The summed E-state index contributed by atoms with van der Waals surface area (Å²) in [6.07, 6.45) is 6.79. The van der Waals surface area contributed by atoms with Crippen molar-refractivity contribution in [2.45, 2.75) is 66.2 Å². The maximum Gasteiger partial charge on any atom is 0.161 e. The fraction of sp³-hybridized carbons (Fsp3) is 0.957. The number of ether oxygens (including phenoxy) is 5. The van der Waals surface area contributed by atoms with Gasteiger partial charge in [0.1, 0.15) is 6.61 Å². The number of carbonyl (C=O) groups is 1. The van der Waals surface area contributed by atoms with Crippen molar-refractivity contribution in [3.05, 3.63) is 0 Å². The molecular formula is C23H46O6. The fourth-order valence-electron chi connectivity index (χ4n) is 2.79. The molecule has 2 unspecified atom stereocenters. The van der Waals surface area contributed by atoms with Crippen molar-refractivity contribution in [1.29, 1.82) is 0 Å². The number of carbonyl (C=O) groups excluding carboxylic acids is 1. The van der Waals surface area contributed by atoms with Crippen LogP contribution in [0.1, 0.15) is 66.2 Å². The lowest BCUT2D eigenvalue weighted by Gasteiger charge is -2.11. The van der Waals surface area contributed by atoms with Gasteiger partial charge in [-0.1, -0.05) is 53.4 Å². The number of hydrogen-bond acceptors (Lipinski definition) is 6. The summed E-state index contributed by atoms with van der Waals surface area (Å²) in [7, 11) is 0. The van der Waals surface area contributed by atoms with Gasteiger partial charge >= 0.3 is 0 Å². The second-order valence-electron chi connectivity index (χ2n) is 7.69. The fourth-order valence-corrected chi connectivity index (χ4v) is 2.79. The Bertz CT molecular complexity index is 350. The highest BCUT2D eigenvalue weighted by Gasteiger charge is 2.11. The molecule has 29 heavy (non-hydrogen) atoms. The van der Waals surface area contributed by atoms with E-state index < -0.39 is 0 Å². The van der Waals surface area contributed by atoms with Crippen molar-refractivity contribution in [3.63, 3.8) is 0 Å². The van der Waals surface area contributed by atoms with Crippen LogP contribution in [-0.4, -0.2) is 71.9 Å². The minimum absolute atomic E-state index is 0.0903. The summed E-state index contributed by atoms with van der Waals surface area (Å²) in [4.78, 5) is 11.8. The molecule has 6 heteroatoms. The summed E-state index contributed by atoms with van der Waals surface area (Å²) in [6, 6.07) is 0. The second kappa shape index (κ2) is 22.2. The first-order valence-electron chi connectivity index (χ1n) is 11.5. The molecular weight excluding hydrogens is 372 g/mol. The number of ketones is 1. The Morgan fingerprint density at radius 3 is 1.59 bits per heavy atom. The van der Waals surface area contributed by atoms with E-state index in [1.165, 1.54) is 12.8 Å². The Morgan fingerprint density at radius 1 is 0.621 bits per heavy atom. The van der Waals surface area contributed by atoms with Gasteiger partial charge in [0.05, 0.1) is 52.9 Å². The van der Waals surface area contributed by atoms with Crippen molar-refractivity contribution in [2.24, 2.45) is 11.8 Å². The predicted molar refractivity (Wildman–Crippen MR) is 116 cm³/mol. The van der Waals surface area contributed by atoms with Crippen molar-refractivity contribution in [3.8, 4) is 0 Å². The Kier molecular flexibility index (Phi) is 21.8. The van der Waals surface area contributed by atoms with E-state index in [1.54, 1.807) is 0 Å². The van der Waals surface area contributed by atoms with Crippen LogP contribution in [-0.2, 0) is 28.5 Å². The maximum atomic E-state index is 11.8. The number of unbranched alkanes of at least 4 members (excludes halogenated alkanes) is 1. The van der Waals surface area contributed by atoms with Gasteiger partial charge in [0.2, 0.25) is 0 Å². The molecule has 0 aromatic carbocycles. The molecule has 0 fully saturated rings. The summed E-state index contributed by atoms with van der Waals surface area (Å²) < 4.78 is 27.3. The molecule has 0 radical (unpaired) electrons. The molecule has 0 N–H and O–H groups in total. The summed E-state index contributed by atoms with van der Waals surface area (Å²) in [6.45, 7) is 13.9. The zero-order chi connectivity index (χ0) is 21.6. The van der Waals surface area contributed by atoms with Gasteiger partial charge in [-0.05, 0) is 18.8 Å². The van der Waals surface area contributed by atoms with Crippen LogP contribution < -0.4 is 0 Å². The number of hydrogen-bond donors (Lipinski definition) is 0. The molecule has 0 spiro atoms. The predicted octanol–water partition coefficient (Wildman–Crippen LogP) is 4.29. The molecule has 0 aliphatic heterocycles. The zero-order valence-electron chi connectivity index (χ0n) is 19.4. The summed E-state index contributed by atoms with van der Waals surface area (Å²) >= 11 is 0. The first kappa shape index (κ1) is 28.5. The number of Topliss-reactive ketones (excluding diaryl/α,β-unsaturated/α-hetero) is 1. The van der Waals surface area contributed by atoms with Crippen LogP contribution in [0.15, 0.2) is 0 Å². The van der Waals surface area contributed by atoms with Gasteiger partial charge in [-0.25, -0.2) is 0 Å². The maximum absolute atomic E-state index is 11.8. The van der Waals surface area contributed by atoms with E-state index in [0.29, 0.717) is 52.9 Å². The van der Waals surface area contributed by atoms with Gasteiger partial charge in [-0.2, -0.15) is 0 Å². The molecule has 0 saturated carbocycles. The van der Waals surface area contributed by atoms with Crippen LogP contribution in [0.2, 0.25) is 0 Å². The highest BCUT2D eigenvalue weighted by atomic mass is 16.6. The zero-order valence-corrected chi connectivity index (χ0v) is 19.4. The highest BCUT2D eigenvalue weighted by Crippen LogP contribution is 2.09. The van der Waals surface area contributed by atoms with Crippen molar-refractivity contribution in [2.75, 3.05) is 66.1 Å². The minimum Gasteiger partial charge on any atom is -0.379 e. The molecule has 2 atom stereocenters. The topological polar surface area (TPSA) is 63.2 Å². The first-order chi connectivity index (χ1) is 14.1. The van der Waals surface area contributed by atoms with Crippen LogP contribution in [0.25, 0.3) is 0 Å². The van der Waals surface area contributed by atoms with E-state index in [4.69, 9.17) is 23.7 Å². The molecule has 0 saturated heterocycles. The lowest BCUT2D eigenvalue weighted by atomic mass is 10.0. The molecule has 0 aromatic rings. The molecule has 0 aromatic heterocycles. The minimum atomic E-state index is 0.0903. The van der Waals surface area contributed by atoms with Gasteiger partial charge in [0.15, 0.2) is 5.78 Å². The van der Waals surface area contributed by atoms with E-state index in [0.717, 1.165) is 38.2 Å². The van der Waals surface area contributed by atoms with E-state index in [-0.39, 0.29) is 18.3 Å². The lowest BCUT2D eigenvalue weighted by molar-refractivity contribution is -0.127. The van der Waals surface area contributed by atoms with E-state index in [2.05, 4.69) is 20.8 Å². The smallest absolute Gasteiger partial charge is 0.161 e. The van der Waals surface area contributed by atoms with E-state index in [1.807, 2.05) is 6.92 Å². The van der Waals surface area contributed by atoms with Crippen LogP contribution in [0.5, 0.6) is 0 Å². The molecule has 0 bridgehead atoms. The highest BCUT2D eigenvalue weighted by molar-refractivity contribution is 5.81. The van der Waals surface area contributed by atoms with Gasteiger partial charge in [-0.3, -0.25) is 4.79 Å². The second-order valence-corrected chi connectivity index (χ2v) is 7.69. The van der Waals surface area contributed by atoms with Gasteiger partial charge in [0, 0.05) is 12.5 Å². The van der Waals surface area contributed by atoms with Crippen LogP contribution in [0.4, 0.5) is 0 Å². The normalized spacial score (nSPS) is 13.5. The third-order valence-corrected chi connectivity index (χ3v) is 4.81. The summed E-state index contributed by atoms with van der Waals surface area (Å²) in [5.74, 6) is 1.01. The largest absolute Gasteiger partial charge is 0.379 e.